The van der Waals surface area contributed by atoms with Crippen LogP contribution < -0.4 is 16.0 Å². The average molecular weight is 774 g/mol. The zero-order chi connectivity index (χ0) is 41.8. The fourth-order valence-electron chi connectivity index (χ4n) is 3.89. The summed E-state index contributed by atoms with van der Waals surface area (Å²) >= 11 is 0. The Bertz CT molecular complexity index is 909. The van der Waals surface area contributed by atoms with Gasteiger partial charge >= 0.3 is 5.97 Å². The van der Waals surface area contributed by atoms with Crippen LogP contribution in [0.2, 0.25) is 0 Å². The van der Waals surface area contributed by atoms with Crippen LogP contribution in [0.15, 0.2) is 36.1 Å². The van der Waals surface area contributed by atoms with Gasteiger partial charge in [-0.15, -0.1) is 0 Å². The SMILES string of the molecule is C=C(C)COCCOCCNCOC(C)CC(NC(=O)CCCCCCOC1=CCCC=C1)C(=O)O.CC(C)C.CC=O.CCC.CCCCNC(C)O. The fraction of sp³-hybridized carbons (Fsp3) is 0.786. The van der Waals surface area contributed by atoms with Crippen molar-refractivity contribution in [3.05, 3.63) is 36.1 Å². The topological polar surface area (TPSA) is 165 Å². The highest BCUT2D eigenvalue weighted by Gasteiger charge is 2.22. The van der Waals surface area contributed by atoms with Crippen molar-refractivity contribution < 1.29 is 43.5 Å². The number of aldehydes is 1. The molecule has 0 saturated heterocycles. The number of ether oxygens (including phenoxy) is 4. The number of hydrogen-bond acceptors (Lipinski definition) is 10. The van der Waals surface area contributed by atoms with Gasteiger partial charge in [-0.2, -0.15) is 0 Å². The van der Waals surface area contributed by atoms with Crippen LogP contribution in [0.1, 0.15) is 140 Å². The lowest BCUT2D eigenvalue weighted by atomic mass is 10.1. The molecule has 0 heterocycles. The lowest BCUT2D eigenvalue weighted by Crippen LogP contribution is -2.43. The third kappa shape index (κ3) is 56.1. The van der Waals surface area contributed by atoms with Gasteiger partial charge in [0.1, 0.15) is 24.3 Å². The number of aliphatic hydroxyl groups is 1. The number of allylic oxidation sites excluding steroid dienone is 3. The van der Waals surface area contributed by atoms with Crippen molar-refractivity contribution in [3.8, 4) is 0 Å². The van der Waals surface area contributed by atoms with Crippen LogP contribution in [0.3, 0.4) is 0 Å². The molecule has 5 N–H and O–H groups in total. The molecule has 1 aliphatic carbocycles. The first-order valence-electron chi connectivity index (χ1n) is 20.2. The second-order valence-electron chi connectivity index (χ2n) is 13.7. The van der Waals surface area contributed by atoms with Crippen molar-refractivity contribution >= 4 is 18.2 Å². The van der Waals surface area contributed by atoms with E-state index in [0.717, 1.165) is 75.0 Å². The van der Waals surface area contributed by atoms with Crippen LogP contribution in [0, 0.1) is 5.92 Å². The number of carbonyl (C=O) groups excluding carboxylic acids is 2. The molecule has 1 aliphatic rings. The van der Waals surface area contributed by atoms with Crippen LogP contribution in [0.4, 0.5) is 0 Å². The van der Waals surface area contributed by atoms with Crippen molar-refractivity contribution in [2.45, 2.75) is 158 Å². The van der Waals surface area contributed by atoms with Gasteiger partial charge in [0.05, 0.1) is 45.9 Å². The summed E-state index contributed by atoms with van der Waals surface area (Å²) in [5, 5.41) is 26.7. The summed E-state index contributed by atoms with van der Waals surface area (Å²) in [4.78, 5) is 32.6. The first-order chi connectivity index (χ1) is 25.7. The lowest BCUT2D eigenvalue weighted by molar-refractivity contribution is -0.143. The van der Waals surface area contributed by atoms with E-state index in [0.29, 0.717) is 46.0 Å². The number of unbranched alkanes of at least 4 members (excludes halogenated alkanes) is 4. The van der Waals surface area contributed by atoms with Gasteiger partial charge in [-0.3, -0.25) is 15.4 Å². The van der Waals surface area contributed by atoms with Gasteiger partial charge < -0.3 is 39.3 Å². The van der Waals surface area contributed by atoms with Crippen molar-refractivity contribution in [1.82, 2.24) is 16.0 Å². The predicted octanol–water partition coefficient (Wildman–Crippen LogP) is 7.71. The highest BCUT2D eigenvalue weighted by atomic mass is 16.5. The Morgan fingerprint density at radius 1 is 0.926 bits per heavy atom. The van der Waals surface area contributed by atoms with Gasteiger partial charge in [-0.05, 0) is 84.4 Å². The predicted molar refractivity (Wildman–Crippen MR) is 222 cm³/mol. The van der Waals surface area contributed by atoms with Crippen molar-refractivity contribution in [1.29, 1.82) is 0 Å². The van der Waals surface area contributed by atoms with Gasteiger partial charge in [-0.25, -0.2) is 4.79 Å². The van der Waals surface area contributed by atoms with E-state index < -0.39 is 12.0 Å². The third-order valence-corrected chi connectivity index (χ3v) is 6.31. The molecule has 1 rings (SSSR count). The number of hydrogen-bond donors (Lipinski definition) is 5. The highest BCUT2D eigenvalue weighted by molar-refractivity contribution is 5.83. The first kappa shape index (κ1) is 58.1. The van der Waals surface area contributed by atoms with Gasteiger partial charge in [0.15, 0.2) is 0 Å². The highest BCUT2D eigenvalue weighted by Crippen LogP contribution is 2.12. The number of nitrogens with one attached hydrogen (secondary N) is 3. The van der Waals surface area contributed by atoms with Crippen LogP contribution in [-0.4, -0.2) is 99.6 Å². The van der Waals surface area contributed by atoms with E-state index in [2.05, 4.69) is 76.2 Å². The molecule has 0 aromatic rings. The van der Waals surface area contributed by atoms with E-state index in [1.807, 2.05) is 13.0 Å². The summed E-state index contributed by atoms with van der Waals surface area (Å²) in [6, 6.07) is -0.972. The number of carbonyl (C=O) groups is 3. The third-order valence-electron chi connectivity index (χ3n) is 6.31. The number of rotatable bonds is 27. The normalized spacial score (nSPS) is 13.1. The molecule has 0 aliphatic heterocycles. The molecule has 3 atom stereocenters. The maximum atomic E-state index is 12.2. The molecule has 0 radical (unpaired) electrons. The van der Waals surface area contributed by atoms with E-state index >= 15 is 0 Å². The minimum Gasteiger partial charge on any atom is -0.494 e. The summed E-state index contributed by atoms with van der Waals surface area (Å²) in [6.07, 6.45) is 16.0. The largest absolute Gasteiger partial charge is 0.494 e. The molecule has 0 bridgehead atoms. The van der Waals surface area contributed by atoms with E-state index in [9.17, 15) is 14.7 Å². The molecule has 320 valence electrons. The Morgan fingerprint density at radius 2 is 1.54 bits per heavy atom. The van der Waals surface area contributed by atoms with Gasteiger partial charge in [0.2, 0.25) is 5.91 Å². The van der Waals surface area contributed by atoms with E-state index in [1.165, 1.54) is 19.8 Å². The van der Waals surface area contributed by atoms with E-state index in [4.69, 9.17) is 28.8 Å². The lowest BCUT2D eigenvalue weighted by Gasteiger charge is -2.19. The average Bonchev–Trinajstić information content (AvgIpc) is 3.09. The molecular weight excluding hydrogens is 690 g/mol. The number of amides is 1. The Labute approximate surface area is 330 Å². The van der Waals surface area contributed by atoms with Crippen LogP contribution >= 0.6 is 0 Å². The first-order valence-corrected chi connectivity index (χ1v) is 20.2. The molecule has 0 aromatic heterocycles. The van der Waals surface area contributed by atoms with E-state index in [-0.39, 0.29) is 31.4 Å². The number of carboxylic acid groups (broad SMARTS) is 1. The standard InChI is InChI=1S/C27H46N2O7.C6H15NO.C4H10.C3H8.C2H4O/c1-22(2)20-34-18-17-33-16-14-28-21-36-23(3)19-25(27(31)32)29-26(30)13-9-4-5-10-15-35-24-11-7-6-8-12-24;1-3-4-5-7-6(2)8;1-4(2)3;1-3-2;1-2-3/h7,11-12,23,25,28H,1,4-6,8-10,13-21H2,2-3H3,(H,29,30)(H,31,32);6-8H,3-5H2,1-2H3;4H,1-3H3;3H2,1-2H3;2H,1H3. The van der Waals surface area contributed by atoms with E-state index in [1.54, 1.807) is 13.8 Å². The van der Waals surface area contributed by atoms with Crippen LogP contribution in [0.25, 0.3) is 0 Å². The van der Waals surface area contributed by atoms with Crippen LogP contribution in [-0.2, 0) is 33.3 Å². The molecule has 0 aromatic carbocycles. The second-order valence-corrected chi connectivity index (χ2v) is 13.7. The summed E-state index contributed by atoms with van der Waals surface area (Å²) in [5.74, 6) is 0.475. The summed E-state index contributed by atoms with van der Waals surface area (Å²) < 4.78 is 22.1. The zero-order valence-electron chi connectivity index (χ0n) is 36.0. The Morgan fingerprint density at radius 3 is 2.07 bits per heavy atom. The fourth-order valence-corrected chi connectivity index (χ4v) is 3.89. The molecule has 12 heteroatoms. The number of aliphatic carboxylic acids is 1. The van der Waals surface area contributed by atoms with Crippen molar-refractivity contribution in [2.24, 2.45) is 5.92 Å². The minimum atomic E-state index is -1.06. The zero-order valence-corrected chi connectivity index (χ0v) is 36.0. The molecule has 3 unspecified atom stereocenters. The van der Waals surface area contributed by atoms with Crippen molar-refractivity contribution in [2.75, 3.05) is 52.9 Å². The molecular formula is C42H83N3O9. The molecule has 1 amide bonds. The summed E-state index contributed by atoms with van der Waals surface area (Å²) in [7, 11) is 0. The summed E-state index contributed by atoms with van der Waals surface area (Å²) in [6.45, 7) is 28.1. The Hall–Kier alpha value is -2.61. The smallest absolute Gasteiger partial charge is 0.326 e. The summed E-state index contributed by atoms with van der Waals surface area (Å²) in [5.41, 5.74) is 0.978. The minimum absolute atomic E-state index is 0.195. The molecule has 12 nitrogen and oxygen atoms in total. The van der Waals surface area contributed by atoms with Gasteiger partial charge in [-0.1, -0.05) is 85.5 Å². The van der Waals surface area contributed by atoms with Crippen molar-refractivity contribution in [3.63, 3.8) is 0 Å². The number of aliphatic hydroxyl groups excluding tert-OH is 1. The monoisotopic (exact) mass is 774 g/mol. The van der Waals surface area contributed by atoms with Crippen LogP contribution in [0.5, 0.6) is 0 Å². The van der Waals surface area contributed by atoms with Gasteiger partial charge in [0.25, 0.3) is 0 Å². The van der Waals surface area contributed by atoms with Gasteiger partial charge in [0, 0.05) is 19.4 Å². The number of carboxylic acids is 1. The quantitative estimate of drug-likeness (QED) is 0.0240. The molecule has 0 saturated carbocycles. The molecule has 0 fully saturated rings. The maximum Gasteiger partial charge on any atom is 0.326 e. The Kier molecular flexibility index (Phi) is 50.1. The maximum absolute atomic E-state index is 12.2. The second kappa shape index (κ2) is 46.5. The molecule has 0 spiro atoms. The Balaban J connectivity index is -0.000000573. The molecule has 54 heavy (non-hydrogen) atoms.